The minimum Gasteiger partial charge on any atom is -0.480 e. The average Bonchev–Trinajstić information content (AvgIpc) is 2.56. The van der Waals surface area contributed by atoms with Crippen LogP contribution in [0.25, 0.3) is 0 Å². The molecule has 0 saturated carbocycles. The first-order chi connectivity index (χ1) is 8.72. The summed E-state index contributed by atoms with van der Waals surface area (Å²) < 4.78 is 24.6. The van der Waals surface area contributed by atoms with Gasteiger partial charge in [0.2, 0.25) is 0 Å². The van der Waals surface area contributed by atoms with Crippen LogP contribution in [-0.4, -0.2) is 48.6 Å². The lowest BCUT2D eigenvalue weighted by molar-refractivity contribution is -0.137. The van der Waals surface area contributed by atoms with Crippen LogP contribution in [0.2, 0.25) is 0 Å². The third kappa shape index (κ3) is 3.16. The van der Waals surface area contributed by atoms with Crippen molar-refractivity contribution >= 4 is 27.4 Å². The molecule has 0 aliphatic heterocycles. The van der Waals surface area contributed by atoms with Crippen LogP contribution in [0.15, 0.2) is 4.90 Å². The standard InChI is InChI=1S/C10H18N4O4S/c1-4-13(5-2)10-8(19(3,17)18)9(11)14(12-10)6-7(15)16/h4-6,11H2,1-3H3,(H,15,16). The summed E-state index contributed by atoms with van der Waals surface area (Å²) in [7, 11) is -3.59. The molecular formula is C10H18N4O4S. The quantitative estimate of drug-likeness (QED) is 0.744. The van der Waals surface area contributed by atoms with E-state index >= 15 is 0 Å². The van der Waals surface area contributed by atoms with Crippen LogP contribution in [-0.2, 0) is 21.2 Å². The van der Waals surface area contributed by atoms with Crippen molar-refractivity contribution in [3.05, 3.63) is 0 Å². The van der Waals surface area contributed by atoms with E-state index in [0.717, 1.165) is 10.9 Å². The Hall–Kier alpha value is -1.77. The summed E-state index contributed by atoms with van der Waals surface area (Å²) >= 11 is 0. The average molecular weight is 290 g/mol. The minimum absolute atomic E-state index is 0.113. The molecule has 0 aromatic carbocycles. The van der Waals surface area contributed by atoms with Crippen molar-refractivity contribution in [2.75, 3.05) is 30.0 Å². The van der Waals surface area contributed by atoms with E-state index in [0.29, 0.717) is 13.1 Å². The van der Waals surface area contributed by atoms with Crippen molar-refractivity contribution < 1.29 is 18.3 Å². The molecule has 1 aromatic rings. The van der Waals surface area contributed by atoms with E-state index in [1.54, 1.807) is 4.90 Å². The predicted molar refractivity (Wildman–Crippen MR) is 70.9 cm³/mol. The molecule has 0 saturated heterocycles. The Morgan fingerprint density at radius 1 is 1.42 bits per heavy atom. The number of nitrogen functional groups attached to an aromatic ring is 1. The summed E-state index contributed by atoms with van der Waals surface area (Å²) in [4.78, 5) is 12.3. The van der Waals surface area contributed by atoms with Crippen molar-refractivity contribution in [1.82, 2.24) is 9.78 Å². The van der Waals surface area contributed by atoms with Gasteiger partial charge in [-0.3, -0.25) is 4.79 Å². The van der Waals surface area contributed by atoms with Crippen molar-refractivity contribution in [1.29, 1.82) is 0 Å². The SMILES string of the molecule is CCN(CC)c1nn(CC(=O)O)c(N)c1S(C)(=O)=O. The molecule has 1 heterocycles. The summed E-state index contributed by atoms with van der Waals surface area (Å²) in [6, 6.07) is 0. The van der Waals surface area contributed by atoms with Gasteiger partial charge >= 0.3 is 5.97 Å². The summed E-state index contributed by atoms with van der Waals surface area (Å²) in [5.41, 5.74) is 5.72. The van der Waals surface area contributed by atoms with E-state index < -0.39 is 22.4 Å². The highest BCUT2D eigenvalue weighted by atomic mass is 32.2. The number of sulfone groups is 1. The smallest absolute Gasteiger partial charge is 0.325 e. The Kier molecular flexibility index (Phi) is 4.40. The second-order valence-electron chi connectivity index (χ2n) is 4.03. The highest BCUT2D eigenvalue weighted by Gasteiger charge is 2.27. The lowest BCUT2D eigenvalue weighted by Gasteiger charge is -2.18. The zero-order valence-electron chi connectivity index (χ0n) is 11.1. The Balaban J connectivity index is 3.48. The van der Waals surface area contributed by atoms with E-state index in [1.165, 1.54) is 0 Å². The molecule has 0 aliphatic rings. The number of nitrogens with zero attached hydrogens (tertiary/aromatic N) is 3. The Bertz CT molecular complexity index is 575. The molecule has 19 heavy (non-hydrogen) atoms. The molecule has 0 aliphatic carbocycles. The van der Waals surface area contributed by atoms with E-state index in [1.807, 2.05) is 13.8 Å². The maximum absolute atomic E-state index is 11.8. The van der Waals surface area contributed by atoms with Gasteiger partial charge in [-0.25, -0.2) is 13.1 Å². The number of nitrogens with two attached hydrogens (primary N) is 1. The van der Waals surface area contributed by atoms with Crippen LogP contribution < -0.4 is 10.6 Å². The minimum atomic E-state index is -3.59. The van der Waals surface area contributed by atoms with E-state index in [9.17, 15) is 13.2 Å². The lowest BCUT2D eigenvalue weighted by atomic mass is 10.4. The second-order valence-corrected chi connectivity index (χ2v) is 5.99. The number of aliphatic carboxylic acids is 1. The lowest BCUT2D eigenvalue weighted by Crippen LogP contribution is -2.24. The maximum atomic E-state index is 11.8. The highest BCUT2D eigenvalue weighted by molar-refractivity contribution is 7.91. The molecule has 0 amide bonds. The Labute approximate surface area is 111 Å². The number of aromatic nitrogens is 2. The van der Waals surface area contributed by atoms with Crippen molar-refractivity contribution in [2.45, 2.75) is 25.3 Å². The Morgan fingerprint density at radius 2 is 1.95 bits per heavy atom. The maximum Gasteiger partial charge on any atom is 0.325 e. The van der Waals surface area contributed by atoms with Crippen LogP contribution in [0.5, 0.6) is 0 Å². The topological polar surface area (TPSA) is 119 Å². The number of anilines is 2. The molecule has 1 rings (SSSR count). The molecule has 0 unspecified atom stereocenters. The van der Waals surface area contributed by atoms with Crippen molar-refractivity contribution in [3.8, 4) is 0 Å². The molecule has 3 N–H and O–H groups in total. The van der Waals surface area contributed by atoms with Gasteiger partial charge in [-0.05, 0) is 13.8 Å². The van der Waals surface area contributed by atoms with Gasteiger partial charge < -0.3 is 15.7 Å². The van der Waals surface area contributed by atoms with Crippen LogP contribution >= 0.6 is 0 Å². The normalized spacial score (nSPS) is 11.5. The van der Waals surface area contributed by atoms with Gasteiger partial charge in [0.15, 0.2) is 20.6 Å². The fraction of sp³-hybridized carbons (Fsp3) is 0.600. The van der Waals surface area contributed by atoms with Gasteiger partial charge in [0.05, 0.1) is 0 Å². The van der Waals surface area contributed by atoms with E-state index in [-0.39, 0.29) is 16.5 Å². The van der Waals surface area contributed by atoms with E-state index in [4.69, 9.17) is 10.8 Å². The molecule has 0 spiro atoms. The van der Waals surface area contributed by atoms with Crippen molar-refractivity contribution in [3.63, 3.8) is 0 Å². The molecule has 9 heteroatoms. The monoisotopic (exact) mass is 290 g/mol. The summed E-state index contributed by atoms with van der Waals surface area (Å²) in [5, 5.41) is 12.8. The third-order valence-corrected chi connectivity index (χ3v) is 3.78. The first-order valence-electron chi connectivity index (χ1n) is 5.75. The zero-order valence-corrected chi connectivity index (χ0v) is 11.9. The predicted octanol–water partition coefficient (Wildman–Crippen LogP) is -0.200. The zero-order chi connectivity index (χ0) is 14.8. The van der Waals surface area contributed by atoms with E-state index in [2.05, 4.69) is 5.10 Å². The first-order valence-corrected chi connectivity index (χ1v) is 7.64. The fourth-order valence-electron chi connectivity index (χ4n) is 1.78. The highest BCUT2D eigenvalue weighted by Crippen LogP contribution is 2.29. The van der Waals surface area contributed by atoms with Crippen LogP contribution in [0, 0.1) is 0 Å². The molecule has 0 fully saturated rings. The molecule has 8 nitrogen and oxygen atoms in total. The summed E-state index contributed by atoms with van der Waals surface area (Å²) in [5.74, 6) is -1.08. The van der Waals surface area contributed by atoms with Gasteiger partial charge in [0.1, 0.15) is 12.4 Å². The van der Waals surface area contributed by atoms with Crippen LogP contribution in [0.1, 0.15) is 13.8 Å². The molecule has 0 atom stereocenters. The van der Waals surface area contributed by atoms with Gasteiger partial charge in [0, 0.05) is 19.3 Å². The van der Waals surface area contributed by atoms with Gasteiger partial charge in [-0.1, -0.05) is 0 Å². The molecule has 1 aromatic heterocycles. The molecule has 0 bridgehead atoms. The first kappa shape index (κ1) is 15.3. The van der Waals surface area contributed by atoms with Gasteiger partial charge in [-0.2, -0.15) is 5.10 Å². The molecule has 0 radical (unpaired) electrons. The van der Waals surface area contributed by atoms with Gasteiger partial charge in [0.25, 0.3) is 0 Å². The van der Waals surface area contributed by atoms with Crippen molar-refractivity contribution in [2.24, 2.45) is 0 Å². The molecule has 108 valence electrons. The summed E-state index contributed by atoms with van der Waals surface area (Å²) in [6.45, 7) is 4.31. The Morgan fingerprint density at radius 3 is 2.32 bits per heavy atom. The van der Waals surface area contributed by atoms with Gasteiger partial charge in [-0.15, -0.1) is 0 Å². The number of carbonyl (C=O) groups is 1. The summed E-state index contributed by atoms with van der Waals surface area (Å²) in [6.07, 6.45) is 1.03. The number of rotatable bonds is 6. The van der Waals surface area contributed by atoms with Crippen LogP contribution in [0.3, 0.4) is 0 Å². The van der Waals surface area contributed by atoms with Crippen LogP contribution in [0.4, 0.5) is 11.6 Å². The number of carboxylic acid groups (broad SMARTS) is 1. The number of hydrogen-bond acceptors (Lipinski definition) is 6. The largest absolute Gasteiger partial charge is 0.480 e. The molecular weight excluding hydrogens is 272 g/mol. The number of carboxylic acids is 1. The second kappa shape index (κ2) is 5.47. The fourth-order valence-corrected chi connectivity index (χ4v) is 2.77. The third-order valence-electron chi connectivity index (χ3n) is 2.65. The number of hydrogen-bond donors (Lipinski definition) is 2.